The second-order valence-electron chi connectivity index (χ2n) is 7.44. The summed E-state index contributed by atoms with van der Waals surface area (Å²) in [6, 6.07) is 10.6. The quantitative estimate of drug-likeness (QED) is 0.467. The second-order valence-corrected chi connectivity index (χ2v) is 7.44. The van der Waals surface area contributed by atoms with Crippen molar-refractivity contribution in [2.45, 2.75) is 19.2 Å². The summed E-state index contributed by atoms with van der Waals surface area (Å²) >= 11 is 0. The predicted molar refractivity (Wildman–Crippen MR) is 104 cm³/mol. The zero-order valence-corrected chi connectivity index (χ0v) is 16.2. The van der Waals surface area contributed by atoms with Gasteiger partial charge in [-0.1, -0.05) is 0 Å². The normalized spacial score (nSPS) is 17.0. The van der Waals surface area contributed by atoms with Gasteiger partial charge in [0.15, 0.2) is 5.78 Å². The molecule has 0 bridgehead atoms. The Balaban J connectivity index is 1.50. The van der Waals surface area contributed by atoms with Gasteiger partial charge in [0.25, 0.3) is 5.91 Å². The zero-order valence-electron chi connectivity index (χ0n) is 16.2. The Morgan fingerprint density at radius 2 is 1.81 bits per heavy atom. The van der Waals surface area contributed by atoms with E-state index in [2.05, 4.69) is 9.72 Å². The van der Waals surface area contributed by atoms with Crippen LogP contribution in [0.5, 0.6) is 5.75 Å². The number of carbonyl (C=O) groups is 2. The lowest BCUT2D eigenvalue weighted by Crippen LogP contribution is -2.42. The fourth-order valence-electron chi connectivity index (χ4n) is 3.81. The maximum atomic E-state index is 13.1. The predicted octanol–water partition coefficient (Wildman–Crippen LogP) is 4.94. The van der Waals surface area contributed by atoms with Crippen molar-refractivity contribution >= 4 is 22.6 Å². The number of carbonyl (C=O) groups excluding carboxylic acids is 2. The van der Waals surface area contributed by atoms with Crippen molar-refractivity contribution < 1.29 is 31.9 Å². The van der Waals surface area contributed by atoms with Gasteiger partial charge in [-0.2, -0.15) is 0 Å². The molecule has 0 saturated carbocycles. The van der Waals surface area contributed by atoms with Crippen LogP contribution < -0.4 is 4.74 Å². The van der Waals surface area contributed by atoms with Crippen LogP contribution in [0.15, 0.2) is 48.5 Å². The smallest absolute Gasteiger partial charge is 0.406 e. The number of H-pyrrole nitrogens is 1. The summed E-state index contributed by atoms with van der Waals surface area (Å²) < 4.78 is 54.3. The molecule has 2 heterocycles. The maximum Gasteiger partial charge on any atom is 0.573 e. The zero-order chi connectivity index (χ0) is 22.2. The van der Waals surface area contributed by atoms with Gasteiger partial charge in [-0.15, -0.1) is 13.2 Å². The number of ketones is 1. The first-order valence-electron chi connectivity index (χ1n) is 9.67. The van der Waals surface area contributed by atoms with Crippen LogP contribution in [-0.2, 0) is 0 Å². The molecule has 1 aromatic heterocycles. The molecule has 1 amide bonds. The lowest BCUT2D eigenvalue weighted by molar-refractivity contribution is -0.274. The van der Waals surface area contributed by atoms with E-state index in [0.717, 1.165) is 0 Å². The minimum absolute atomic E-state index is 0.150. The standard InChI is InChI=1S/C22H18F4N2O3/c23-16-6-3-13(4-7-16)20(29)15-2-1-9-28(12-15)21(30)19-10-14-5-8-17(11-18(14)27-19)31-22(24,25)26/h3-8,10-11,15,27H,1-2,9,12H2. The van der Waals surface area contributed by atoms with Crippen LogP contribution in [0.3, 0.4) is 0 Å². The third-order valence-corrected chi connectivity index (χ3v) is 5.27. The van der Waals surface area contributed by atoms with E-state index >= 15 is 0 Å². The van der Waals surface area contributed by atoms with E-state index < -0.39 is 18.1 Å². The molecule has 1 saturated heterocycles. The monoisotopic (exact) mass is 434 g/mol. The van der Waals surface area contributed by atoms with Crippen LogP contribution in [0, 0.1) is 11.7 Å². The number of ether oxygens (including phenoxy) is 1. The summed E-state index contributed by atoms with van der Waals surface area (Å²) in [5, 5.41) is 0.564. The lowest BCUT2D eigenvalue weighted by atomic mass is 9.90. The molecule has 5 nitrogen and oxygen atoms in total. The Morgan fingerprint density at radius 3 is 2.52 bits per heavy atom. The molecule has 0 spiro atoms. The summed E-state index contributed by atoms with van der Waals surface area (Å²) in [4.78, 5) is 30.1. The summed E-state index contributed by atoms with van der Waals surface area (Å²) in [6.07, 6.45) is -3.56. The number of Topliss-reactive ketones (excluding diaryl/α,β-unsaturated/α-hetero) is 1. The summed E-state index contributed by atoms with van der Waals surface area (Å²) in [6.45, 7) is 0.677. The number of nitrogens with one attached hydrogen (secondary N) is 1. The fraction of sp³-hybridized carbons (Fsp3) is 0.273. The van der Waals surface area contributed by atoms with Gasteiger partial charge in [0.1, 0.15) is 17.3 Å². The molecule has 2 aromatic carbocycles. The SMILES string of the molecule is O=C(c1ccc(F)cc1)C1CCCN(C(=O)c2cc3ccc(OC(F)(F)F)cc3[nH]2)C1. The topological polar surface area (TPSA) is 62.4 Å². The second kappa shape index (κ2) is 8.05. The number of aromatic amines is 1. The number of piperidine rings is 1. The van der Waals surface area contributed by atoms with E-state index in [1.165, 1.54) is 42.5 Å². The molecule has 0 radical (unpaired) electrons. The van der Waals surface area contributed by atoms with Gasteiger partial charge in [0, 0.05) is 41.5 Å². The summed E-state index contributed by atoms with van der Waals surface area (Å²) in [7, 11) is 0. The highest BCUT2D eigenvalue weighted by Gasteiger charge is 2.32. The molecule has 1 N–H and O–H groups in total. The minimum atomic E-state index is -4.81. The molecule has 1 fully saturated rings. The highest BCUT2D eigenvalue weighted by Crippen LogP contribution is 2.28. The number of nitrogens with zero attached hydrogens (tertiary/aromatic N) is 1. The number of likely N-dealkylation sites (tertiary alicyclic amines) is 1. The van der Waals surface area contributed by atoms with Crippen LogP contribution in [0.2, 0.25) is 0 Å². The molecule has 1 aliphatic rings. The third-order valence-electron chi connectivity index (χ3n) is 5.27. The Bertz CT molecular complexity index is 1120. The van der Waals surface area contributed by atoms with Crippen molar-refractivity contribution in [3.05, 3.63) is 65.6 Å². The molecular weight excluding hydrogens is 416 g/mol. The Labute approximate surface area is 174 Å². The van der Waals surface area contributed by atoms with Crippen LogP contribution in [0.4, 0.5) is 17.6 Å². The molecule has 162 valence electrons. The molecule has 9 heteroatoms. The average molecular weight is 434 g/mol. The number of halogens is 4. The van der Waals surface area contributed by atoms with Gasteiger partial charge in [-0.25, -0.2) is 4.39 Å². The first-order chi connectivity index (χ1) is 14.7. The van der Waals surface area contributed by atoms with Gasteiger partial charge in [-0.3, -0.25) is 9.59 Å². The first-order valence-corrected chi connectivity index (χ1v) is 9.67. The lowest BCUT2D eigenvalue weighted by Gasteiger charge is -2.31. The largest absolute Gasteiger partial charge is 0.573 e. The number of hydrogen-bond donors (Lipinski definition) is 1. The first kappa shape index (κ1) is 20.9. The van der Waals surface area contributed by atoms with Crippen molar-refractivity contribution in [2.75, 3.05) is 13.1 Å². The van der Waals surface area contributed by atoms with Crippen LogP contribution in [0.25, 0.3) is 10.9 Å². The number of rotatable bonds is 4. The highest BCUT2D eigenvalue weighted by atomic mass is 19.4. The molecule has 1 unspecified atom stereocenters. The maximum absolute atomic E-state index is 13.1. The van der Waals surface area contributed by atoms with Crippen molar-refractivity contribution in [1.29, 1.82) is 0 Å². The summed E-state index contributed by atoms with van der Waals surface area (Å²) in [5.74, 6) is -1.71. The van der Waals surface area contributed by atoms with Crippen LogP contribution >= 0.6 is 0 Å². The molecule has 31 heavy (non-hydrogen) atoms. The van der Waals surface area contributed by atoms with E-state index in [1.54, 1.807) is 11.0 Å². The van der Waals surface area contributed by atoms with E-state index in [4.69, 9.17) is 0 Å². The van der Waals surface area contributed by atoms with Crippen LogP contribution in [0.1, 0.15) is 33.7 Å². The van der Waals surface area contributed by atoms with E-state index in [0.29, 0.717) is 35.9 Å². The molecule has 0 aliphatic carbocycles. The number of amides is 1. The number of fused-ring (bicyclic) bond motifs is 1. The fourth-order valence-corrected chi connectivity index (χ4v) is 3.81. The van der Waals surface area contributed by atoms with E-state index in [-0.39, 0.29) is 29.7 Å². The Morgan fingerprint density at radius 1 is 1.06 bits per heavy atom. The third kappa shape index (κ3) is 4.70. The van der Waals surface area contributed by atoms with Gasteiger partial charge < -0.3 is 14.6 Å². The number of hydrogen-bond acceptors (Lipinski definition) is 3. The average Bonchev–Trinajstić information content (AvgIpc) is 3.15. The van der Waals surface area contributed by atoms with Gasteiger partial charge >= 0.3 is 6.36 Å². The van der Waals surface area contributed by atoms with Gasteiger partial charge in [0.2, 0.25) is 0 Å². The van der Waals surface area contributed by atoms with Crippen LogP contribution in [-0.4, -0.2) is 41.0 Å². The Kier molecular flexibility index (Phi) is 5.43. The molecule has 4 rings (SSSR count). The van der Waals surface area contributed by atoms with Gasteiger partial charge in [0.05, 0.1) is 0 Å². The summed E-state index contributed by atoms with van der Waals surface area (Å²) in [5.41, 5.74) is 0.943. The van der Waals surface area contributed by atoms with Crippen molar-refractivity contribution in [3.8, 4) is 5.75 Å². The molecule has 3 aromatic rings. The number of alkyl halides is 3. The van der Waals surface area contributed by atoms with Gasteiger partial charge in [-0.05, 0) is 55.3 Å². The molecular formula is C22H18F4N2O3. The van der Waals surface area contributed by atoms with Crippen molar-refractivity contribution in [3.63, 3.8) is 0 Å². The minimum Gasteiger partial charge on any atom is -0.406 e. The van der Waals surface area contributed by atoms with Crippen molar-refractivity contribution in [2.24, 2.45) is 5.92 Å². The molecule has 1 aliphatic heterocycles. The van der Waals surface area contributed by atoms with E-state index in [9.17, 15) is 27.2 Å². The number of benzene rings is 2. The highest BCUT2D eigenvalue weighted by molar-refractivity contribution is 6.00. The molecule has 1 atom stereocenters. The van der Waals surface area contributed by atoms with Crippen molar-refractivity contribution in [1.82, 2.24) is 9.88 Å². The Hall–Kier alpha value is -3.36. The van der Waals surface area contributed by atoms with E-state index in [1.807, 2.05) is 0 Å². The number of aromatic nitrogens is 1.